The number of benzene rings is 2. The van der Waals surface area contributed by atoms with E-state index >= 15 is 0 Å². The molecule has 94 valence electrons. The van der Waals surface area contributed by atoms with Gasteiger partial charge < -0.3 is 5.11 Å². The van der Waals surface area contributed by atoms with Gasteiger partial charge in [0.25, 0.3) is 0 Å². The van der Waals surface area contributed by atoms with Gasteiger partial charge in [0.1, 0.15) is 5.82 Å². The minimum atomic E-state index is -0.765. The highest BCUT2D eigenvalue weighted by Gasteiger charge is 2.12. The molecule has 4 heteroatoms. The number of hydrogen-bond donors (Lipinski definition) is 1. The molecular weight excluding hydrogens is 274 g/mol. The molecule has 0 heterocycles. The van der Waals surface area contributed by atoms with Crippen LogP contribution in [0.15, 0.2) is 42.5 Å². The van der Waals surface area contributed by atoms with E-state index in [4.69, 9.17) is 23.2 Å². The van der Waals surface area contributed by atoms with Crippen molar-refractivity contribution in [3.8, 4) is 0 Å². The molecule has 0 fully saturated rings. The molecule has 0 radical (unpaired) electrons. The second-order valence-electron chi connectivity index (χ2n) is 3.99. The van der Waals surface area contributed by atoms with E-state index in [1.165, 1.54) is 12.1 Å². The molecule has 2 aromatic carbocycles. The van der Waals surface area contributed by atoms with Gasteiger partial charge in [0.15, 0.2) is 0 Å². The van der Waals surface area contributed by atoms with Gasteiger partial charge in [0, 0.05) is 11.4 Å². The third-order valence-electron chi connectivity index (χ3n) is 2.68. The third-order valence-corrected chi connectivity index (χ3v) is 3.33. The maximum Gasteiger partial charge on any atom is 0.142 e. The van der Waals surface area contributed by atoms with Crippen LogP contribution in [-0.2, 0) is 6.42 Å². The highest BCUT2D eigenvalue weighted by Crippen LogP contribution is 2.26. The van der Waals surface area contributed by atoms with Crippen molar-refractivity contribution in [3.05, 3.63) is 69.5 Å². The molecule has 0 amide bonds. The van der Waals surface area contributed by atoms with E-state index in [-0.39, 0.29) is 11.4 Å². The number of aliphatic hydroxyl groups is 1. The molecule has 1 unspecified atom stereocenters. The van der Waals surface area contributed by atoms with Crippen molar-refractivity contribution >= 4 is 23.2 Å². The molecule has 0 aromatic heterocycles. The monoisotopic (exact) mass is 284 g/mol. The molecule has 1 N–H and O–H groups in total. The first-order valence-corrected chi connectivity index (χ1v) is 6.20. The third kappa shape index (κ3) is 3.02. The van der Waals surface area contributed by atoms with Crippen LogP contribution in [-0.4, -0.2) is 5.11 Å². The fourth-order valence-corrected chi connectivity index (χ4v) is 2.12. The fraction of sp³-hybridized carbons (Fsp3) is 0.143. The van der Waals surface area contributed by atoms with Gasteiger partial charge in [-0.05, 0) is 29.3 Å². The Morgan fingerprint density at radius 1 is 1.06 bits per heavy atom. The summed E-state index contributed by atoms with van der Waals surface area (Å²) in [5.41, 5.74) is 1.30. The smallest absolute Gasteiger partial charge is 0.142 e. The van der Waals surface area contributed by atoms with Crippen molar-refractivity contribution in [2.75, 3.05) is 0 Å². The highest BCUT2D eigenvalue weighted by molar-refractivity contribution is 6.31. The highest BCUT2D eigenvalue weighted by atomic mass is 35.5. The van der Waals surface area contributed by atoms with Crippen LogP contribution in [0.5, 0.6) is 0 Å². The Hall–Kier alpha value is -1.09. The lowest BCUT2D eigenvalue weighted by Crippen LogP contribution is -2.02. The number of halogens is 3. The molecule has 18 heavy (non-hydrogen) atoms. The minimum Gasteiger partial charge on any atom is -0.388 e. The van der Waals surface area contributed by atoms with Crippen molar-refractivity contribution in [2.24, 2.45) is 0 Å². The zero-order valence-corrected chi connectivity index (χ0v) is 10.9. The SMILES string of the molecule is OC(Cc1ccc(Cl)c(F)c1)c1ccccc1Cl. The minimum absolute atomic E-state index is 0.0750. The van der Waals surface area contributed by atoms with Gasteiger partial charge in [-0.3, -0.25) is 0 Å². The van der Waals surface area contributed by atoms with E-state index in [0.717, 1.165) is 0 Å². The Kier molecular flexibility index (Phi) is 4.23. The lowest BCUT2D eigenvalue weighted by molar-refractivity contribution is 0.178. The Morgan fingerprint density at radius 2 is 1.78 bits per heavy atom. The average Bonchev–Trinajstić information content (AvgIpc) is 2.34. The van der Waals surface area contributed by atoms with Crippen molar-refractivity contribution in [2.45, 2.75) is 12.5 Å². The second-order valence-corrected chi connectivity index (χ2v) is 4.80. The quantitative estimate of drug-likeness (QED) is 0.885. The van der Waals surface area contributed by atoms with Gasteiger partial charge in [0.05, 0.1) is 11.1 Å². The Bertz CT molecular complexity index is 557. The van der Waals surface area contributed by atoms with Crippen LogP contribution in [0.2, 0.25) is 10.0 Å². The van der Waals surface area contributed by atoms with Gasteiger partial charge in [0.2, 0.25) is 0 Å². The predicted octanol–water partition coefficient (Wildman–Crippen LogP) is 4.41. The van der Waals surface area contributed by atoms with Crippen LogP contribution < -0.4 is 0 Å². The maximum absolute atomic E-state index is 13.3. The second kappa shape index (κ2) is 5.70. The van der Waals surface area contributed by atoms with E-state index in [9.17, 15) is 9.50 Å². The summed E-state index contributed by atoms with van der Waals surface area (Å²) in [6, 6.07) is 11.5. The molecule has 1 atom stereocenters. The summed E-state index contributed by atoms with van der Waals surface area (Å²) < 4.78 is 13.3. The van der Waals surface area contributed by atoms with Crippen LogP contribution in [0, 0.1) is 5.82 Å². The molecular formula is C14H11Cl2FO. The largest absolute Gasteiger partial charge is 0.388 e. The topological polar surface area (TPSA) is 20.2 Å². The molecule has 0 saturated carbocycles. The first-order valence-electron chi connectivity index (χ1n) is 5.44. The standard InChI is InChI=1S/C14H11Cl2FO/c15-11-4-2-1-3-10(11)14(18)8-9-5-6-12(16)13(17)7-9/h1-7,14,18H,8H2. The molecule has 0 spiro atoms. The Balaban J connectivity index is 2.19. The van der Waals surface area contributed by atoms with E-state index in [1.54, 1.807) is 30.3 Å². The fourth-order valence-electron chi connectivity index (χ4n) is 1.75. The lowest BCUT2D eigenvalue weighted by Gasteiger charge is -2.12. The molecule has 0 aliphatic carbocycles. The van der Waals surface area contributed by atoms with Crippen LogP contribution in [0.4, 0.5) is 4.39 Å². The zero-order chi connectivity index (χ0) is 13.1. The molecule has 2 rings (SSSR count). The summed E-state index contributed by atoms with van der Waals surface area (Å²) in [4.78, 5) is 0. The van der Waals surface area contributed by atoms with E-state index in [1.807, 2.05) is 0 Å². The van der Waals surface area contributed by atoms with E-state index in [2.05, 4.69) is 0 Å². The summed E-state index contributed by atoms with van der Waals surface area (Å²) in [5, 5.41) is 10.6. The van der Waals surface area contributed by atoms with Gasteiger partial charge >= 0.3 is 0 Å². The van der Waals surface area contributed by atoms with Crippen LogP contribution >= 0.6 is 23.2 Å². The first-order chi connectivity index (χ1) is 8.58. The molecule has 2 aromatic rings. The van der Waals surface area contributed by atoms with Crippen molar-refractivity contribution < 1.29 is 9.50 Å². The van der Waals surface area contributed by atoms with Crippen molar-refractivity contribution in [1.29, 1.82) is 0 Å². The van der Waals surface area contributed by atoms with Crippen molar-refractivity contribution in [1.82, 2.24) is 0 Å². The number of hydrogen-bond acceptors (Lipinski definition) is 1. The first kappa shape index (κ1) is 13.3. The average molecular weight is 285 g/mol. The van der Waals surface area contributed by atoms with Gasteiger partial charge in [-0.15, -0.1) is 0 Å². The normalized spacial score (nSPS) is 12.4. The van der Waals surface area contributed by atoms with Crippen LogP contribution in [0.1, 0.15) is 17.2 Å². The summed E-state index contributed by atoms with van der Waals surface area (Å²) in [5.74, 6) is -0.486. The molecule has 1 nitrogen and oxygen atoms in total. The molecule has 0 aliphatic heterocycles. The van der Waals surface area contributed by atoms with Gasteiger partial charge in [-0.2, -0.15) is 0 Å². The Labute approximate surface area is 115 Å². The number of aliphatic hydroxyl groups excluding tert-OH is 1. The van der Waals surface area contributed by atoms with Crippen molar-refractivity contribution in [3.63, 3.8) is 0 Å². The maximum atomic E-state index is 13.3. The molecule has 0 aliphatic rings. The van der Waals surface area contributed by atoms with E-state index < -0.39 is 11.9 Å². The summed E-state index contributed by atoms with van der Waals surface area (Å²) in [7, 11) is 0. The lowest BCUT2D eigenvalue weighted by atomic mass is 10.0. The predicted molar refractivity (Wildman–Crippen MR) is 71.5 cm³/mol. The molecule has 0 bridgehead atoms. The van der Waals surface area contributed by atoms with Gasteiger partial charge in [-0.25, -0.2) is 4.39 Å². The summed E-state index contributed by atoms with van der Waals surface area (Å²) >= 11 is 11.6. The zero-order valence-electron chi connectivity index (χ0n) is 9.41. The van der Waals surface area contributed by atoms with E-state index in [0.29, 0.717) is 16.1 Å². The van der Waals surface area contributed by atoms with Crippen LogP contribution in [0.25, 0.3) is 0 Å². The summed E-state index contributed by atoms with van der Waals surface area (Å²) in [6.45, 7) is 0. The summed E-state index contributed by atoms with van der Waals surface area (Å²) in [6.07, 6.45) is -0.475. The molecule has 0 saturated heterocycles. The number of rotatable bonds is 3. The Morgan fingerprint density at radius 3 is 2.44 bits per heavy atom. The van der Waals surface area contributed by atoms with Crippen LogP contribution in [0.3, 0.4) is 0 Å². The van der Waals surface area contributed by atoms with Gasteiger partial charge in [-0.1, -0.05) is 47.5 Å².